The van der Waals surface area contributed by atoms with Gasteiger partial charge in [0.1, 0.15) is 5.82 Å². The van der Waals surface area contributed by atoms with Crippen LogP contribution in [0.25, 0.3) is 0 Å². The second-order valence-electron chi connectivity index (χ2n) is 6.83. The molecule has 0 saturated carbocycles. The second-order valence-corrected chi connectivity index (χ2v) is 6.83. The Balaban J connectivity index is 1.59. The topological polar surface area (TPSA) is 68.7 Å². The van der Waals surface area contributed by atoms with Gasteiger partial charge >= 0.3 is 6.03 Å². The number of aliphatic hydroxyl groups is 1. The Morgan fingerprint density at radius 2 is 2.08 bits per heavy atom. The van der Waals surface area contributed by atoms with E-state index in [1.807, 2.05) is 23.2 Å². The molecule has 132 valence electrons. The SMILES string of the molecule is O=C(NCc1cccnc1N1CCCCC1)N1CCCC(CO)C1. The van der Waals surface area contributed by atoms with E-state index < -0.39 is 0 Å². The van der Waals surface area contributed by atoms with Gasteiger partial charge in [-0.1, -0.05) is 6.07 Å². The van der Waals surface area contributed by atoms with E-state index in [0.29, 0.717) is 13.1 Å². The molecule has 0 bridgehead atoms. The molecular formula is C18H28N4O2. The van der Waals surface area contributed by atoms with Crippen LogP contribution in [0.1, 0.15) is 37.7 Å². The van der Waals surface area contributed by atoms with E-state index in [0.717, 1.165) is 43.9 Å². The third kappa shape index (κ3) is 4.17. The van der Waals surface area contributed by atoms with Crippen LogP contribution in [0.3, 0.4) is 0 Å². The van der Waals surface area contributed by atoms with Gasteiger partial charge in [-0.05, 0) is 44.1 Å². The number of amides is 2. The highest BCUT2D eigenvalue weighted by Gasteiger charge is 2.23. The molecule has 24 heavy (non-hydrogen) atoms. The molecular weight excluding hydrogens is 304 g/mol. The number of hydrogen-bond donors (Lipinski definition) is 2. The van der Waals surface area contributed by atoms with E-state index in [2.05, 4.69) is 15.2 Å². The van der Waals surface area contributed by atoms with Gasteiger partial charge in [0.05, 0.1) is 0 Å². The summed E-state index contributed by atoms with van der Waals surface area (Å²) >= 11 is 0. The van der Waals surface area contributed by atoms with Crippen LogP contribution in [0.2, 0.25) is 0 Å². The smallest absolute Gasteiger partial charge is 0.317 e. The molecule has 6 heteroatoms. The molecule has 6 nitrogen and oxygen atoms in total. The molecule has 1 atom stereocenters. The summed E-state index contributed by atoms with van der Waals surface area (Å²) in [7, 11) is 0. The van der Waals surface area contributed by atoms with Crippen molar-refractivity contribution in [3.63, 3.8) is 0 Å². The van der Waals surface area contributed by atoms with Gasteiger partial charge in [0.25, 0.3) is 0 Å². The zero-order chi connectivity index (χ0) is 16.8. The van der Waals surface area contributed by atoms with E-state index >= 15 is 0 Å². The molecule has 3 heterocycles. The summed E-state index contributed by atoms with van der Waals surface area (Å²) in [6.07, 6.45) is 7.49. The molecule has 0 spiro atoms. The second kappa shape index (κ2) is 8.33. The Hall–Kier alpha value is -1.82. The van der Waals surface area contributed by atoms with Crippen molar-refractivity contribution in [1.82, 2.24) is 15.2 Å². The monoisotopic (exact) mass is 332 g/mol. The van der Waals surface area contributed by atoms with Crippen LogP contribution in [-0.4, -0.2) is 53.8 Å². The molecule has 2 aliphatic rings. The lowest BCUT2D eigenvalue weighted by Gasteiger charge is -2.32. The Kier molecular flexibility index (Phi) is 5.91. The van der Waals surface area contributed by atoms with E-state index in [4.69, 9.17) is 0 Å². The summed E-state index contributed by atoms with van der Waals surface area (Å²) in [6, 6.07) is 3.93. The number of anilines is 1. The summed E-state index contributed by atoms with van der Waals surface area (Å²) in [4.78, 5) is 21.1. The quantitative estimate of drug-likeness (QED) is 0.885. The zero-order valence-corrected chi connectivity index (χ0v) is 14.3. The van der Waals surface area contributed by atoms with Crippen molar-refractivity contribution >= 4 is 11.8 Å². The van der Waals surface area contributed by atoms with E-state index in [-0.39, 0.29) is 18.6 Å². The van der Waals surface area contributed by atoms with Gasteiger partial charge in [-0.25, -0.2) is 9.78 Å². The van der Waals surface area contributed by atoms with Gasteiger partial charge in [-0.2, -0.15) is 0 Å². The van der Waals surface area contributed by atoms with E-state index in [1.165, 1.54) is 19.3 Å². The van der Waals surface area contributed by atoms with E-state index in [9.17, 15) is 9.90 Å². The maximum absolute atomic E-state index is 12.4. The number of piperidine rings is 2. The maximum Gasteiger partial charge on any atom is 0.317 e. The molecule has 3 rings (SSSR count). The molecule has 2 saturated heterocycles. The van der Waals surface area contributed by atoms with Crippen molar-refractivity contribution in [1.29, 1.82) is 0 Å². The maximum atomic E-state index is 12.4. The molecule has 1 aromatic heterocycles. The molecule has 1 aromatic rings. The average Bonchev–Trinajstić information content (AvgIpc) is 2.67. The number of urea groups is 1. The Morgan fingerprint density at radius 3 is 2.88 bits per heavy atom. The van der Waals surface area contributed by atoms with Gasteiger partial charge < -0.3 is 20.2 Å². The molecule has 2 N–H and O–H groups in total. The minimum absolute atomic E-state index is 0.0402. The van der Waals surface area contributed by atoms with Gasteiger partial charge in [0.2, 0.25) is 0 Å². The number of hydrogen-bond acceptors (Lipinski definition) is 4. The average molecular weight is 332 g/mol. The number of carbonyl (C=O) groups excluding carboxylic acids is 1. The van der Waals surface area contributed by atoms with E-state index in [1.54, 1.807) is 0 Å². The first-order valence-corrected chi connectivity index (χ1v) is 9.10. The fourth-order valence-corrected chi connectivity index (χ4v) is 3.64. The number of nitrogens with one attached hydrogen (secondary N) is 1. The van der Waals surface area contributed by atoms with Crippen LogP contribution in [0.15, 0.2) is 18.3 Å². The summed E-state index contributed by atoms with van der Waals surface area (Å²) in [5.41, 5.74) is 1.07. The molecule has 2 fully saturated rings. The minimum atomic E-state index is -0.0402. The van der Waals surface area contributed by atoms with Gasteiger partial charge in [-0.3, -0.25) is 0 Å². The normalized spacial score (nSPS) is 21.6. The lowest BCUT2D eigenvalue weighted by Crippen LogP contribution is -2.46. The Bertz CT molecular complexity index is 546. The molecule has 0 radical (unpaired) electrons. The minimum Gasteiger partial charge on any atom is -0.396 e. The number of nitrogens with zero attached hydrogens (tertiary/aromatic N) is 3. The number of carbonyl (C=O) groups is 1. The predicted molar refractivity (Wildman–Crippen MR) is 93.9 cm³/mol. The highest BCUT2D eigenvalue weighted by atomic mass is 16.3. The standard InChI is InChI=1S/C18H28N4O2/c23-14-15-6-5-11-22(13-15)18(24)20-12-16-7-4-8-19-17(16)21-9-2-1-3-10-21/h4,7-8,15,23H,1-3,5-6,9-14H2,(H,20,24). The van der Waals surface area contributed by atoms with Gasteiger partial charge in [0.15, 0.2) is 0 Å². The first-order chi connectivity index (χ1) is 11.8. The van der Waals surface area contributed by atoms with Crippen molar-refractivity contribution in [2.24, 2.45) is 5.92 Å². The van der Waals surface area contributed by atoms with Crippen LogP contribution < -0.4 is 10.2 Å². The number of aliphatic hydroxyl groups excluding tert-OH is 1. The number of pyridine rings is 1. The third-order valence-corrected chi connectivity index (χ3v) is 5.02. The Morgan fingerprint density at radius 1 is 1.25 bits per heavy atom. The largest absolute Gasteiger partial charge is 0.396 e. The fourth-order valence-electron chi connectivity index (χ4n) is 3.64. The van der Waals surface area contributed by atoms with Crippen molar-refractivity contribution < 1.29 is 9.90 Å². The van der Waals surface area contributed by atoms with Crippen LogP contribution in [0, 0.1) is 5.92 Å². The van der Waals surface area contributed by atoms with Crippen molar-refractivity contribution in [3.05, 3.63) is 23.9 Å². The summed E-state index contributed by atoms with van der Waals surface area (Å²) in [5.74, 6) is 1.22. The van der Waals surface area contributed by atoms with Gasteiger partial charge in [-0.15, -0.1) is 0 Å². The van der Waals surface area contributed by atoms with Gasteiger partial charge in [0, 0.05) is 51.1 Å². The predicted octanol–water partition coefficient (Wildman–Crippen LogP) is 1.99. The zero-order valence-electron chi connectivity index (χ0n) is 14.3. The van der Waals surface area contributed by atoms with Crippen LogP contribution in [0.4, 0.5) is 10.6 Å². The Labute approximate surface area is 143 Å². The van der Waals surface area contributed by atoms with Crippen molar-refractivity contribution in [2.75, 3.05) is 37.7 Å². The molecule has 0 aliphatic carbocycles. The molecule has 0 aromatic carbocycles. The summed E-state index contributed by atoms with van der Waals surface area (Å²) in [5, 5.41) is 12.3. The number of aromatic nitrogens is 1. The lowest BCUT2D eigenvalue weighted by atomic mass is 9.99. The first kappa shape index (κ1) is 17.0. The number of likely N-dealkylation sites (tertiary alicyclic amines) is 1. The molecule has 2 amide bonds. The van der Waals surface area contributed by atoms with Crippen LogP contribution in [0.5, 0.6) is 0 Å². The fraction of sp³-hybridized carbons (Fsp3) is 0.667. The molecule has 1 unspecified atom stereocenters. The van der Waals surface area contributed by atoms with Crippen molar-refractivity contribution in [3.8, 4) is 0 Å². The number of rotatable bonds is 4. The highest BCUT2D eigenvalue weighted by molar-refractivity contribution is 5.74. The van der Waals surface area contributed by atoms with Crippen molar-refractivity contribution in [2.45, 2.75) is 38.6 Å². The highest BCUT2D eigenvalue weighted by Crippen LogP contribution is 2.22. The third-order valence-electron chi connectivity index (χ3n) is 5.02. The summed E-state index contributed by atoms with van der Waals surface area (Å²) in [6.45, 7) is 4.16. The van der Waals surface area contributed by atoms with Crippen LogP contribution >= 0.6 is 0 Å². The summed E-state index contributed by atoms with van der Waals surface area (Å²) < 4.78 is 0. The lowest BCUT2D eigenvalue weighted by molar-refractivity contribution is 0.129. The molecule has 2 aliphatic heterocycles. The first-order valence-electron chi connectivity index (χ1n) is 9.10. The van der Waals surface area contributed by atoms with Crippen LogP contribution in [-0.2, 0) is 6.54 Å².